The van der Waals surface area contributed by atoms with Crippen molar-refractivity contribution in [1.29, 1.82) is 0 Å². The molecule has 1 atom stereocenters. The van der Waals surface area contributed by atoms with E-state index in [2.05, 4.69) is 22.8 Å². The predicted molar refractivity (Wildman–Crippen MR) is 84.7 cm³/mol. The molecular formula is C16H15AsN2O2. The van der Waals surface area contributed by atoms with Gasteiger partial charge in [0.05, 0.1) is 0 Å². The van der Waals surface area contributed by atoms with Crippen molar-refractivity contribution in [2.75, 3.05) is 0 Å². The van der Waals surface area contributed by atoms with Crippen molar-refractivity contribution >= 4 is 32.8 Å². The van der Waals surface area contributed by atoms with Crippen LogP contribution in [0.1, 0.15) is 15.9 Å². The second kappa shape index (κ2) is 5.74. The summed E-state index contributed by atoms with van der Waals surface area (Å²) in [6, 6.07) is 13.4. The molecule has 4 nitrogen and oxygen atoms in total. The van der Waals surface area contributed by atoms with E-state index in [-0.39, 0.29) is 15.8 Å². The molecule has 0 spiro atoms. The van der Waals surface area contributed by atoms with E-state index >= 15 is 0 Å². The van der Waals surface area contributed by atoms with E-state index in [9.17, 15) is 4.79 Å². The summed E-state index contributed by atoms with van der Waals surface area (Å²) in [7, 11) is 0. The number of hydrogen-bond acceptors (Lipinski definition) is 3. The van der Waals surface area contributed by atoms with Crippen LogP contribution in [0.25, 0.3) is 22.6 Å². The van der Waals surface area contributed by atoms with Gasteiger partial charge in [-0.2, -0.15) is 0 Å². The normalized spacial score (nSPS) is 11.5. The third kappa shape index (κ3) is 2.72. The van der Waals surface area contributed by atoms with Gasteiger partial charge in [-0.25, -0.2) is 0 Å². The Hall–Kier alpha value is -2.06. The number of benzene rings is 2. The number of fused-ring (bicyclic) bond motifs is 1. The Morgan fingerprint density at radius 1 is 1.24 bits per heavy atom. The molecule has 3 rings (SSSR count). The summed E-state index contributed by atoms with van der Waals surface area (Å²) < 4.78 is 5.73. The van der Waals surface area contributed by atoms with E-state index in [1.54, 1.807) is 18.2 Å². The Morgan fingerprint density at radius 3 is 2.67 bits per heavy atom. The summed E-state index contributed by atoms with van der Waals surface area (Å²) in [5.74, 6) is 0.0148. The van der Waals surface area contributed by atoms with Gasteiger partial charge in [0.1, 0.15) is 0 Å². The number of hydrogen-bond donors (Lipinski definition) is 1. The zero-order valence-corrected chi connectivity index (χ0v) is 13.7. The quantitative estimate of drug-likeness (QED) is 0.741. The number of carbonyl (C=O) groups is 1. The van der Waals surface area contributed by atoms with E-state index < -0.39 is 5.91 Å². The summed E-state index contributed by atoms with van der Waals surface area (Å²) in [5.41, 5.74) is 11.4. The third-order valence-electron chi connectivity index (χ3n) is 3.27. The number of oxazole rings is 1. The van der Waals surface area contributed by atoms with Crippen molar-refractivity contribution in [1.82, 2.24) is 4.98 Å². The summed E-state index contributed by atoms with van der Waals surface area (Å²) in [4.78, 5) is 15.8. The monoisotopic (exact) mass is 342 g/mol. The summed E-state index contributed by atoms with van der Waals surface area (Å²) in [5, 5.41) is 1.18. The van der Waals surface area contributed by atoms with Crippen LogP contribution in [0.3, 0.4) is 0 Å². The van der Waals surface area contributed by atoms with Crippen LogP contribution in [0.15, 0.2) is 46.9 Å². The molecule has 1 aromatic heterocycles. The van der Waals surface area contributed by atoms with Crippen molar-refractivity contribution in [2.45, 2.75) is 10.9 Å². The first-order valence-electron chi connectivity index (χ1n) is 6.62. The molecule has 2 aromatic carbocycles. The molecule has 0 aliphatic rings. The second-order valence-corrected chi connectivity index (χ2v) is 6.99. The molecule has 0 aliphatic carbocycles. The number of rotatable bonds is 4. The Balaban J connectivity index is 2.04. The van der Waals surface area contributed by atoms with Crippen LogP contribution in [0, 0.1) is 0 Å². The summed E-state index contributed by atoms with van der Waals surface area (Å²) in [6.45, 7) is 0. The molecular weight excluding hydrogens is 327 g/mol. The molecule has 0 saturated heterocycles. The van der Waals surface area contributed by atoms with Crippen LogP contribution in [-0.4, -0.2) is 26.6 Å². The van der Waals surface area contributed by atoms with Crippen molar-refractivity contribution in [3.8, 4) is 11.5 Å². The summed E-state index contributed by atoms with van der Waals surface area (Å²) in [6.07, 6.45) is 0. The molecule has 1 amide bonds. The van der Waals surface area contributed by atoms with Gasteiger partial charge in [-0.15, -0.1) is 0 Å². The minimum absolute atomic E-state index is 0.126. The topological polar surface area (TPSA) is 69.1 Å². The number of amides is 1. The predicted octanol–water partition coefficient (Wildman–Crippen LogP) is 2.58. The molecule has 2 N–H and O–H groups in total. The standard InChI is InChI=1S/C16H15AsN2O2/c1-17-9-10-5-7-11(8-6-10)16-19-14-12(15(18)20)3-2-4-13(14)21-16/h2-8,17H,9H2,1H3,(H2,18,20). The van der Waals surface area contributed by atoms with Crippen LogP contribution in [0.2, 0.25) is 5.71 Å². The number of nitrogens with two attached hydrogens (primary N) is 1. The molecule has 106 valence electrons. The van der Waals surface area contributed by atoms with Crippen LogP contribution < -0.4 is 5.73 Å². The maximum absolute atomic E-state index is 11.4. The number of para-hydroxylation sites is 1. The molecule has 0 aliphatic heterocycles. The van der Waals surface area contributed by atoms with E-state index in [0.717, 1.165) is 5.56 Å². The first-order valence-corrected chi connectivity index (χ1v) is 10.2. The SMILES string of the molecule is C[AsH]Cc1ccc(-c2nc3c(C(N)=O)cccc3o2)cc1. The minimum atomic E-state index is -0.497. The molecule has 5 heteroatoms. The van der Waals surface area contributed by atoms with Crippen molar-refractivity contribution < 1.29 is 9.21 Å². The number of primary amides is 1. The third-order valence-corrected chi connectivity index (χ3v) is 4.86. The average molecular weight is 342 g/mol. The Kier molecular flexibility index (Phi) is 3.80. The average Bonchev–Trinajstić information content (AvgIpc) is 2.92. The molecule has 1 heterocycles. The van der Waals surface area contributed by atoms with Gasteiger partial charge in [0.15, 0.2) is 0 Å². The fourth-order valence-corrected chi connectivity index (χ4v) is 3.59. The van der Waals surface area contributed by atoms with Crippen molar-refractivity contribution in [3.05, 3.63) is 53.6 Å². The van der Waals surface area contributed by atoms with Gasteiger partial charge in [0.25, 0.3) is 0 Å². The van der Waals surface area contributed by atoms with Crippen LogP contribution in [0.4, 0.5) is 0 Å². The van der Waals surface area contributed by atoms with Gasteiger partial charge in [-0.1, -0.05) is 0 Å². The molecule has 0 saturated carbocycles. The van der Waals surface area contributed by atoms with E-state index in [1.807, 2.05) is 12.1 Å². The Labute approximate surface area is 129 Å². The zero-order chi connectivity index (χ0) is 14.8. The molecule has 3 aromatic rings. The van der Waals surface area contributed by atoms with Crippen molar-refractivity contribution in [3.63, 3.8) is 0 Å². The number of nitrogens with zero attached hydrogens (tertiary/aromatic N) is 1. The van der Waals surface area contributed by atoms with Crippen LogP contribution in [0.5, 0.6) is 0 Å². The van der Waals surface area contributed by atoms with E-state index in [4.69, 9.17) is 10.2 Å². The van der Waals surface area contributed by atoms with Gasteiger partial charge in [-0.3, -0.25) is 0 Å². The van der Waals surface area contributed by atoms with Crippen LogP contribution >= 0.6 is 0 Å². The second-order valence-electron chi connectivity index (χ2n) is 4.76. The van der Waals surface area contributed by atoms with E-state index in [1.165, 1.54) is 10.8 Å². The zero-order valence-electron chi connectivity index (χ0n) is 11.6. The maximum atomic E-state index is 11.4. The number of carbonyl (C=O) groups excluding carboxylic acids is 1. The Morgan fingerprint density at radius 2 is 2.00 bits per heavy atom. The van der Waals surface area contributed by atoms with Gasteiger partial charge in [0, 0.05) is 0 Å². The first-order chi connectivity index (χ1) is 10.2. The molecule has 0 radical (unpaired) electrons. The molecule has 0 fully saturated rings. The Bertz CT molecular complexity index is 794. The van der Waals surface area contributed by atoms with Gasteiger partial charge >= 0.3 is 129 Å². The molecule has 21 heavy (non-hydrogen) atoms. The molecule has 0 bridgehead atoms. The van der Waals surface area contributed by atoms with Gasteiger partial charge in [0.2, 0.25) is 0 Å². The summed E-state index contributed by atoms with van der Waals surface area (Å²) >= 11 is 0.126. The van der Waals surface area contributed by atoms with Gasteiger partial charge in [-0.05, 0) is 0 Å². The number of aromatic nitrogens is 1. The first kappa shape index (κ1) is 13.9. The van der Waals surface area contributed by atoms with Gasteiger partial charge < -0.3 is 0 Å². The van der Waals surface area contributed by atoms with Crippen LogP contribution in [-0.2, 0) is 5.21 Å². The fraction of sp³-hybridized carbons (Fsp3) is 0.125. The van der Waals surface area contributed by atoms with E-state index in [0.29, 0.717) is 22.6 Å². The fourth-order valence-electron chi connectivity index (χ4n) is 2.24. The van der Waals surface area contributed by atoms with Crippen molar-refractivity contribution in [2.24, 2.45) is 5.73 Å². The molecule has 1 unspecified atom stereocenters.